The van der Waals surface area contributed by atoms with Gasteiger partial charge in [0.1, 0.15) is 0 Å². The third-order valence-corrected chi connectivity index (χ3v) is 4.74. The van der Waals surface area contributed by atoms with E-state index in [1.54, 1.807) is 0 Å². The lowest BCUT2D eigenvalue weighted by Gasteiger charge is -2.21. The molecule has 0 spiro atoms. The molecule has 1 atom stereocenters. The summed E-state index contributed by atoms with van der Waals surface area (Å²) in [6.45, 7) is 0. The fourth-order valence-corrected chi connectivity index (χ4v) is 3.48. The molecule has 2 aromatic rings. The summed E-state index contributed by atoms with van der Waals surface area (Å²) in [6.07, 6.45) is 8.56. The predicted octanol–water partition coefficient (Wildman–Crippen LogP) is 4.43. The van der Waals surface area contributed by atoms with Crippen LogP contribution in [0.2, 0.25) is 0 Å². The van der Waals surface area contributed by atoms with Crippen LogP contribution in [0.3, 0.4) is 0 Å². The molecule has 0 amide bonds. The molecule has 112 valence electrons. The van der Waals surface area contributed by atoms with Crippen LogP contribution in [0.15, 0.2) is 41.0 Å². The maximum absolute atomic E-state index is 10.3. The average molecular weight is 349 g/mol. The van der Waals surface area contributed by atoms with Gasteiger partial charge in [-0.1, -0.05) is 47.3 Å². The summed E-state index contributed by atoms with van der Waals surface area (Å²) in [4.78, 5) is 0. The van der Waals surface area contributed by atoms with Crippen molar-refractivity contribution >= 4 is 15.9 Å². The van der Waals surface area contributed by atoms with Crippen molar-refractivity contribution in [1.29, 1.82) is 0 Å². The highest BCUT2D eigenvalue weighted by molar-refractivity contribution is 9.10. The van der Waals surface area contributed by atoms with E-state index in [0.717, 1.165) is 15.7 Å². The molecular formula is C17H21BrN2O. The van der Waals surface area contributed by atoms with Crippen LogP contribution in [0.1, 0.15) is 55.5 Å². The van der Waals surface area contributed by atoms with Gasteiger partial charge in [0.05, 0.1) is 17.8 Å². The SMILES string of the molecule is OC(Cc1ccn(C2CCCCC2)n1)c1cccc(Br)c1. The summed E-state index contributed by atoms with van der Waals surface area (Å²) in [6, 6.07) is 10.4. The van der Waals surface area contributed by atoms with Crippen molar-refractivity contribution in [2.45, 2.75) is 50.7 Å². The Balaban J connectivity index is 1.66. The Morgan fingerprint density at radius 3 is 2.81 bits per heavy atom. The van der Waals surface area contributed by atoms with Crippen LogP contribution in [0.5, 0.6) is 0 Å². The zero-order chi connectivity index (χ0) is 14.7. The molecule has 3 nitrogen and oxygen atoms in total. The van der Waals surface area contributed by atoms with Gasteiger partial charge in [0.25, 0.3) is 0 Å². The van der Waals surface area contributed by atoms with Crippen LogP contribution in [0.4, 0.5) is 0 Å². The van der Waals surface area contributed by atoms with Crippen molar-refractivity contribution in [2.24, 2.45) is 0 Å². The van der Waals surface area contributed by atoms with E-state index in [9.17, 15) is 5.11 Å². The molecular weight excluding hydrogens is 328 g/mol. The van der Waals surface area contributed by atoms with Gasteiger partial charge in [0.15, 0.2) is 0 Å². The van der Waals surface area contributed by atoms with Crippen molar-refractivity contribution in [2.75, 3.05) is 0 Å². The zero-order valence-electron chi connectivity index (χ0n) is 12.1. The average Bonchev–Trinajstić information content (AvgIpc) is 2.97. The second-order valence-electron chi connectivity index (χ2n) is 5.85. The van der Waals surface area contributed by atoms with Crippen molar-refractivity contribution in [1.82, 2.24) is 9.78 Å². The third-order valence-electron chi connectivity index (χ3n) is 4.25. The number of rotatable bonds is 4. The molecule has 4 heteroatoms. The molecule has 1 aliphatic carbocycles. The van der Waals surface area contributed by atoms with E-state index < -0.39 is 6.10 Å². The number of nitrogens with zero attached hydrogens (tertiary/aromatic N) is 2. The number of aromatic nitrogens is 2. The van der Waals surface area contributed by atoms with Gasteiger partial charge in [-0.3, -0.25) is 4.68 Å². The Hall–Kier alpha value is -1.13. The van der Waals surface area contributed by atoms with Crippen LogP contribution < -0.4 is 0 Å². The molecule has 1 N–H and O–H groups in total. The van der Waals surface area contributed by atoms with E-state index in [2.05, 4.69) is 31.9 Å². The van der Waals surface area contributed by atoms with Crippen LogP contribution >= 0.6 is 15.9 Å². The maximum atomic E-state index is 10.3. The van der Waals surface area contributed by atoms with Crippen molar-refractivity contribution in [3.8, 4) is 0 Å². The lowest BCUT2D eigenvalue weighted by atomic mass is 9.96. The van der Waals surface area contributed by atoms with Gasteiger partial charge in [-0.2, -0.15) is 5.10 Å². The fourth-order valence-electron chi connectivity index (χ4n) is 3.07. The lowest BCUT2D eigenvalue weighted by molar-refractivity contribution is 0.176. The summed E-state index contributed by atoms with van der Waals surface area (Å²) < 4.78 is 3.09. The Labute approximate surface area is 134 Å². The Morgan fingerprint density at radius 1 is 1.24 bits per heavy atom. The summed E-state index contributed by atoms with van der Waals surface area (Å²) in [5.41, 5.74) is 1.89. The number of hydrogen-bond donors (Lipinski definition) is 1. The Kier molecular flexibility index (Phi) is 4.76. The molecule has 0 aliphatic heterocycles. The summed E-state index contributed by atoms with van der Waals surface area (Å²) in [5, 5.41) is 15.0. The molecule has 1 unspecified atom stereocenters. The highest BCUT2D eigenvalue weighted by Gasteiger charge is 2.17. The zero-order valence-corrected chi connectivity index (χ0v) is 13.7. The highest BCUT2D eigenvalue weighted by atomic mass is 79.9. The topological polar surface area (TPSA) is 38.0 Å². The molecule has 1 heterocycles. The van der Waals surface area contributed by atoms with E-state index in [1.165, 1.54) is 32.1 Å². The first-order chi connectivity index (χ1) is 10.2. The molecule has 0 bridgehead atoms. The first kappa shape index (κ1) is 14.8. The molecule has 3 rings (SSSR count). The Bertz CT molecular complexity index is 590. The number of aliphatic hydroxyl groups is 1. The normalized spacial score (nSPS) is 17.8. The van der Waals surface area contributed by atoms with Crippen LogP contribution in [-0.4, -0.2) is 14.9 Å². The first-order valence-corrected chi connectivity index (χ1v) is 8.49. The quantitative estimate of drug-likeness (QED) is 0.887. The standard InChI is InChI=1S/C17H21BrN2O/c18-14-6-4-5-13(11-14)17(21)12-15-9-10-20(19-15)16-7-2-1-3-8-16/h4-6,9-11,16-17,21H,1-3,7-8,12H2. The predicted molar refractivity (Wildman–Crippen MR) is 87.2 cm³/mol. The van der Waals surface area contributed by atoms with E-state index in [0.29, 0.717) is 12.5 Å². The molecule has 21 heavy (non-hydrogen) atoms. The largest absolute Gasteiger partial charge is 0.388 e. The molecule has 1 aliphatic rings. The van der Waals surface area contributed by atoms with Crippen LogP contribution in [0, 0.1) is 0 Å². The third kappa shape index (κ3) is 3.74. The number of halogens is 1. The molecule has 1 saturated carbocycles. The molecule has 0 radical (unpaired) electrons. The van der Waals surface area contributed by atoms with Crippen molar-refractivity contribution in [3.63, 3.8) is 0 Å². The minimum atomic E-state index is -0.503. The maximum Gasteiger partial charge on any atom is 0.0846 e. The minimum Gasteiger partial charge on any atom is -0.388 e. The van der Waals surface area contributed by atoms with Gasteiger partial charge >= 0.3 is 0 Å². The van der Waals surface area contributed by atoms with E-state index in [4.69, 9.17) is 0 Å². The van der Waals surface area contributed by atoms with Gasteiger partial charge in [-0.25, -0.2) is 0 Å². The van der Waals surface area contributed by atoms with Gasteiger partial charge in [-0.15, -0.1) is 0 Å². The van der Waals surface area contributed by atoms with Gasteiger partial charge in [0, 0.05) is 17.1 Å². The van der Waals surface area contributed by atoms with Gasteiger partial charge in [0.2, 0.25) is 0 Å². The van der Waals surface area contributed by atoms with Gasteiger partial charge < -0.3 is 5.11 Å². The number of aliphatic hydroxyl groups excluding tert-OH is 1. The van der Waals surface area contributed by atoms with E-state index >= 15 is 0 Å². The highest BCUT2D eigenvalue weighted by Crippen LogP contribution is 2.28. The van der Waals surface area contributed by atoms with Crippen molar-refractivity contribution < 1.29 is 5.11 Å². The molecule has 0 saturated heterocycles. The second kappa shape index (κ2) is 6.75. The van der Waals surface area contributed by atoms with E-state index in [-0.39, 0.29) is 0 Å². The lowest BCUT2D eigenvalue weighted by Crippen LogP contribution is -2.13. The van der Waals surface area contributed by atoms with Crippen molar-refractivity contribution in [3.05, 3.63) is 52.3 Å². The monoisotopic (exact) mass is 348 g/mol. The Morgan fingerprint density at radius 2 is 2.05 bits per heavy atom. The number of benzene rings is 1. The molecule has 1 aromatic heterocycles. The summed E-state index contributed by atoms with van der Waals surface area (Å²) >= 11 is 3.44. The smallest absolute Gasteiger partial charge is 0.0846 e. The fraction of sp³-hybridized carbons (Fsp3) is 0.471. The first-order valence-electron chi connectivity index (χ1n) is 7.70. The van der Waals surface area contributed by atoms with Gasteiger partial charge in [-0.05, 0) is 36.6 Å². The summed E-state index contributed by atoms with van der Waals surface area (Å²) in [5.74, 6) is 0. The van der Waals surface area contributed by atoms with Crippen LogP contribution in [0.25, 0.3) is 0 Å². The van der Waals surface area contributed by atoms with E-state index in [1.807, 2.05) is 30.3 Å². The minimum absolute atomic E-state index is 0.503. The molecule has 1 fully saturated rings. The summed E-state index contributed by atoms with van der Waals surface area (Å²) in [7, 11) is 0. The number of hydrogen-bond acceptors (Lipinski definition) is 2. The second-order valence-corrected chi connectivity index (χ2v) is 6.77. The van der Waals surface area contributed by atoms with Crippen LogP contribution in [-0.2, 0) is 6.42 Å². The molecule has 1 aromatic carbocycles.